The lowest BCUT2D eigenvalue weighted by atomic mass is 10.1. The summed E-state index contributed by atoms with van der Waals surface area (Å²) in [6, 6.07) is 14.0. The molecule has 0 aromatic heterocycles. The van der Waals surface area contributed by atoms with Crippen LogP contribution < -0.4 is 5.32 Å². The van der Waals surface area contributed by atoms with Gasteiger partial charge in [-0.25, -0.2) is 8.42 Å². The Morgan fingerprint density at radius 3 is 2.27 bits per heavy atom. The van der Waals surface area contributed by atoms with Crippen molar-refractivity contribution in [3.8, 4) is 0 Å². The maximum absolute atomic E-state index is 12.6. The van der Waals surface area contributed by atoms with Gasteiger partial charge in [-0.1, -0.05) is 29.8 Å². The van der Waals surface area contributed by atoms with Crippen LogP contribution in [-0.4, -0.2) is 44.9 Å². The number of amides is 1. The van der Waals surface area contributed by atoms with Crippen LogP contribution in [0.3, 0.4) is 0 Å². The van der Waals surface area contributed by atoms with E-state index in [2.05, 4.69) is 5.32 Å². The highest BCUT2D eigenvalue weighted by Gasteiger charge is 2.26. The van der Waals surface area contributed by atoms with Crippen LogP contribution in [0.2, 0.25) is 0 Å². The quantitative estimate of drug-likeness (QED) is 0.868. The number of sulfonamides is 1. The number of aryl methyl sites for hydroxylation is 1. The molecule has 0 aliphatic carbocycles. The summed E-state index contributed by atoms with van der Waals surface area (Å²) in [5.41, 5.74) is 2.53. The first kappa shape index (κ1) is 18.6. The van der Waals surface area contributed by atoms with E-state index in [4.69, 9.17) is 4.74 Å². The van der Waals surface area contributed by atoms with Gasteiger partial charge >= 0.3 is 0 Å². The molecule has 0 spiro atoms. The second-order valence-electron chi connectivity index (χ2n) is 6.21. The number of carbonyl (C=O) groups is 1. The lowest BCUT2D eigenvalue weighted by Gasteiger charge is -2.26. The number of carbonyl (C=O) groups excluding carboxylic acids is 1. The monoisotopic (exact) mass is 374 g/mol. The second kappa shape index (κ2) is 7.99. The fourth-order valence-electron chi connectivity index (χ4n) is 2.70. The van der Waals surface area contributed by atoms with Crippen LogP contribution >= 0.6 is 0 Å². The molecule has 0 unspecified atom stereocenters. The van der Waals surface area contributed by atoms with Gasteiger partial charge in [-0.3, -0.25) is 4.79 Å². The number of hydrogen-bond acceptors (Lipinski definition) is 4. The molecule has 1 aliphatic heterocycles. The molecule has 0 atom stereocenters. The van der Waals surface area contributed by atoms with E-state index in [0.717, 1.165) is 11.1 Å². The SMILES string of the molecule is Cc1ccc(C(=O)NCc2ccc(S(=O)(=O)N3CCOCC3)cc2)cc1. The Bertz CT molecular complexity index is 855. The van der Waals surface area contributed by atoms with Crippen LogP contribution in [-0.2, 0) is 21.3 Å². The number of hydrogen-bond donors (Lipinski definition) is 1. The summed E-state index contributed by atoms with van der Waals surface area (Å²) in [5, 5.41) is 2.84. The van der Waals surface area contributed by atoms with Crippen molar-refractivity contribution in [2.75, 3.05) is 26.3 Å². The minimum Gasteiger partial charge on any atom is -0.379 e. The predicted octanol–water partition coefficient (Wildman–Crippen LogP) is 1.95. The van der Waals surface area contributed by atoms with E-state index in [1.165, 1.54) is 4.31 Å². The first-order valence-electron chi connectivity index (χ1n) is 8.48. The highest BCUT2D eigenvalue weighted by Crippen LogP contribution is 2.17. The van der Waals surface area contributed by atoms with Crippen molar-refractivity contribution in [1.82, 2.24) is 9.62 Å². The normalized spacial score (nSPS) is 15.6. The summed E-state index contributed by atoms with van der Waals surface area (Å²) in [6.07, 6.45) is 0. The summed E-state index contributed by atoms with van der Waals surface area (Å²) in [7, 11) is -3.49. The van der Waals surface area contributed by atoms with Gasteiger partial charge in [-0.2, -0.15) is 4.31 Å². The van der Waals surface area contributed by atoms with Gasteiger partial charge in [0.15, 0.2) is 0 Å². The van der Waals surface area contributed by atoms with Gasteiger partial charge in [0.05, 0.1) is 18.1 Å². The first-order chi connectivity index (χ1) is 12.5. The minimum absolute atomic E-state index is 0.157. The molecule has 2 aromatic rings. The van der Waals surface area contributed by atoms with Gasteiger partial charge in [0.1, 0.15) is 0 Å². The smallest absolute Gasteiger partial charge is 0.251 e. The van der Waals surface area contributed by atoms with Gasteiger partial charge in [0.2, 0.25) is 10.0 Å². The van der Waals surface area contributed by atoms with Gasteiger partial charge in [0, 0.05) is 25.2 Å². The fourth-order valence-corrected chi connectivity index (χ4v) is 4.11. The third-order valence-electron chi connectivity index (χ3n) is 4.30. The fraction of sp³-hybridized carbons (Fsp3) is 0.316. The lowest BCUT2D eigenvalue weighted by Crippen LogP contribution is -2.40. The second-order valence-corrected chi connectivity index (χ2v) is 8.15. The molecule has 0 radical (unpaired) electrons. The average molecular weight is 374 g/mol. The van der Waals surface area contributed by atoms with Crippen molar-refractivity contribution in [2.45, 2.75) is 18.4 Å². The average Bonchev–Trinajstić information content (AvgIpc) is 2.67. The zero-order valence-corrected chi connectivity index (χ0v) is 15.5. The van der Waals surface area contributed by atoms with Crippen LogP contribution in [0.4, 0.5) is 0 Å². The summed E-state index contributed by atoms with van der Waals surface area (Å²) in [4.78, 5) is 12.4. The van der Waals surface area contributed by atoms with Crippen LogP contribution in [0.15, 0.2) is 53.4 Å². The first-order valence-corrected chi connectivity index (χ1v) is 9.92. The maximum Gasteiger partial charge on any atom is 0.251 e. The molecule has 0 bridgehead atoms. The summed E-state index contributed by atoms with van der Waals surface area (Å²) in [6.45, 7) is 3.89. The molecule has 6 nitrogen and oxygen atoms in total. The van der Waals surface area contributed by atoms with Gasteiger partial charge in [-0.05, 0) is 36.8 Å². The Morgan fingerprint density at radius 2 is 1.65 bits per heavy atom. The van der Waals surface area contributed by atoms with Crippen LogP contribution in [0.5, 0.6) is 0 Å². The van der Waals surface area contributed by atoms with Crippen LogP contribution in [0.25, 0.3) is 0 Å². The number of rotatable bonds is 5. The molecule has 1 saturated heterocycles. The van der Waals surface area contributed by atoms with E-state index < -0.39 is 10.0 Å². The molecule has 2 aromatic carbocycles. The number of nitrogens with one attached hydrogen (secondary N) is 1. The lowest BCUT2D eigenvalue weighted by molar-refractivity contribution is 0.0730. The van der Waals surface area contributed by atoms with Gasteiger partial charge < -0.3 is 10.1 Å². The Morgan fingerprint density at radius 1 is 1.04 bits per heavy atom. The Balaban J connectivity index is 1.62. The molecule has 1 aliphatic rings. The molecule has 1 heterocycles. The molecule has 138 valence electrons. The van der Waals surface area contributed by atoms with Crippen molar-refractivity contribution < 1.29 is 17.9 Å². The van der Waals surface area contributed by atoms with E-state index >= 15 is 0 Å². The third-order valence-corrected chi connectivity index (χ3v) is 6.21. The minimum atomic E-state index is -3.49. The molecule has 7 heteroatoms. The van der Waals surface area contributed by atoms with Crippen molar-refractivity contribution in [3.63, 3.8) is 0 Å². The van der Waals surface area contributed by atoms with E-state index in [1.54, 1.807) is 36.4 Å². The molecule has 26 heavy (non-hydrogen) atoms. The van der Waals surface area contributed by atoms with Crippen molar-refractivity contribution in [2.24, 2.45) is 0 Å². The molecule has 0 saturated carbocycles. The zero-order chi connectivity index (χ0) is 18.6. The standard InChI is InChI=1S/C19H22N2O4S/c1-15-2-6-17(7-3-15)19(22)20-14-16-4-8-18(9-5-16)26(23,24)21-10-12-25-13-11-21/h2-9H,10-14H2,1H3,(H,20,22). The Labute approximate surface area is 153 Å². The summed E-state index contributed by atoms with van der Waals surface area (Å²) in [5.74, 6) is -0.157. The van der Waals surface area contributed by atoms with Gasteiger partial charge in [-0.15, -0.1) is 0 Å². The highest BCUT2D eigenvalue weighted by atomic mass is 32.2. The number of ether oxygens (including phenoxy) is 1. The largest absolute Gasteiger partial charge is 0.379 e. The zero-order valence-electron chi connectivity index (χ0n) is 14.6. The highest BCUT2D eigenvalue weighted by molar-refractivity contribution is 7.89. The van der Waals surface area contributed by atoms with E-state index in [1.807, 2.05) is 19.1 Å². The van der Waals surface area contributed by atoms with Crippen molar-refractivity contribution in [1.29, 1.82) is 0 Å². The predicted molar refractivity (Wildman–Crippen MR) is 98.4 cm³/mol. The van der Waals surface area contributed by atoms with Crippen LogP contribution in [0.1, 0.15) is 21.5 Å². The Kier molecular flexibility index (Phi) is 5.70. The topological polar surface area (TPSA) is 75.7 Å². The third kappa shape index (κ3) is 4.30. The number of morpholine rings is 1. The molecule has 1 fully saturated rings. The van der Waals surface area contributed by atoms with Crippen molar-refractivity contribution in [3.05, 3.63) is 65.2 Å². The molecule has 1 amide bonds. The Hall–Kier alpha value is -2.22. The molecular formula is C19H22N2O4S. The summed E-state index contributed by atoms with van der Waals surface area (Å²) < 4.78 is 31.8. The van der Waals surface area contributed by atoms with E-state index in [-0.39, 0.29) is 10.8 Å². The maximum atomic E-state index is 12.6. The van der Waals surface area contributed by atoms with Gasteiger partial charge in [0.25, 0.3) is 5.91 Å². The van der Waals surface area contributed by atoms with Crippen LogP contribution in [0, 0.1) is 6.92 Å². The molecule has 3 rings (SSSR count). The van der Waals surface area contributed by atoms with Crippen molar-refractivity contribution >= 4 is 15.9 Å². The summed E-state index contributed by atoms with van der Waals surface area (Å²) >= 11 is 0. The number of nitrogens with zero attached hydrogens (tertiary/aromatic N) is 1. The van der Waals surface area contributed by atoms with E-state index in [0.29, 0.717) is 38.4 Å². The molecular weight excluding hydrogens is 352 g/mol. The van der Waals surface area contributed by atoms with E-state index in [9.17, 15) is 13.2 Å². The molecule has 1 N–H and O–H groups in total. The number of benzene rings is 2.